The number of halogens is 2. The summed E-state index contributed by atoms with van der Waals surface area (Å²) < 4.78 is 10.7. The van der Waals surface area contributed by atoms with Crippen molar-refractivity contribution in [2.75, 3.05) is 12.5 Å². The molecule has 0 aliphatic heterocycles. The molecule has 0 atom stereocenters. The van der Waals surface area contributed by atoms with Crippen LogP contribution in [0, 0.1) is 0 Å². The molecule has 1 heterocycles. The molecule has 0 saturated carbocycles. The topological polar surface area (TPSA) is 72.8 Å². The van der Waals surface area contributed by atoms with E-state index in [-0.39, 0.29) is 16.3 Å². The quantitative estimate of drug-likeness (QED) is 0.258. The molecular weight excluding hydrogens is 409 g/mol. The van der Waals surface area contributed by atoms with Crippen LogP contribution in [0.15, 0.2) is 53.1 Å². The Hall–Kier alpha value is -2.61. The van der Waals surface area contributed by atoms with Crippen molar-refractivity contribution < 1.29 is 14.3 Å². The Labute approximate surface area is 169 Å². The van der Waals surface area contributed by atoms with Gasteiger partial charge in [-0.25, -0.2) is 9.78 Å². The Balaban J connectivity index is 1.74. The predicted molar refractivity (Wildman–Crippen MR) is 108 cm³/mol. The molecule has 0 spiro atoms. The van der Waals surface area contributed by atoms with E-state index in [0.717, 1.165) is 5.56 Å². The highest BCUT2D eigenvalue weighted by Crippen LogP contribution is 2.30. The average molecular weight is 422 g/mol. The Bertz CT molecular complexity index is 978. The van der Waals surface area contributed by atoms with Crippen LogP contribution in [0.1, 0.15) is 15.9 Å². The van der Waals surface area contributed by atoms with Crippen molar-refractivity contribution >= 4 is 51.9 Å². The molecule has 0 fully saturated rings. The van der Waals surface area contributed by atoms with Gasteiger partial charge in [0.05, 0.1) is 23.9 Å². The molecule has 2 aromatic carbocycles. The summed E-state index contributed by atoms with van der Waals surface area (Å²) in [6.45, 7) is 0. The number of benzene rings is 2. The van der Waals surface area contributed by atoms with E-state index in [4.69, 9.17) is 32.7 Å². The van der Waals surface area contributed by atoms with Crippen molar-refractivity contribution in [1.29, 1.82) is 0 Å². The molecular formula is C18H13Cl2N3O3S. The number of nitrogens with one attached hydrogen (secondary N) is 1. The number of hydrogen-bond acceptors (Lipinski definition) is 7. The van der Waals surface area contributed by atoms with Gasteiger partial charge in [-0.15, -0.1) is 11.3 Å². The van der Waals surface area contributed by atoms with E-state index in [0.29, 0.717) is 15.9 Å². The van der Waals surface area contributed by atoms with Crippen LogP contribution < -0.4 is 14.9 Å². The highest BCUT2D eigenvalue weighted by molar-refractivity contribution is 7.13. The Kier molecular flexibility index (Phi) is 6.28. The number of methoxy groups -OCH3 is 1. The maximum absolute atomic E-state index is 12.4. The van der Waals surface area contributed by atoms with E-state index in [1.54, 1.807) is 36.7 Å². The summed E-state index contributed by atoms with van der Waals surface area (Å²) in [6.07, 6.45) is 3.28. The van der Waals surface area contributed by atoms with E-state index in [2.05, 4.69) is 15.5 Å². The number of hydrazone groups is 1. The summed E-state index contributed by atoms with van der Waals surface area (Å²) in [7, 11) is 1.48. The molecule has 0 saturated heterocycles. The van der Waals surface area contributed by atoms with Crippen molar-refractivity contribution in [2.24, 2.45) is 5.10 Å². The van der Waals surface area contributed by atoms with Gasteiger partial charge in [0, 0.05) is 16.6 Å². The zero-order chi connectivity index (χ0) is 19.2. The molecule has 3 rings (SSSR count). The summed E-state index contributed by atoms with van der Waals surface area (Å²) in [4.78, 5) is 16.4. The number of thiazole rings is 1. The lowest BCUT2D eigenvalue weighted by molar-refractivity contribution is 0.0730. The zero-order valence-electron chi connectivity index (χ0n) is 14.0. The fourth-order valence-electron chi connectivity index (χ4n) is 2.10. The number of carbonyl (C=O) groups excluding carboxylic acids is 1. The number of carbonyl (C=O) groups is 1. The van der Waals surface area contributed by atoms with Gasteiger partial charge in [0.2, 0.25) is 5.13 Å². The van der Waals surface area contributed by atoms with Gasteiger partial charge in [-0.3, -0.25) is 5.43 Å². The van der Waals surface area contributed by atoms with Gasteiger partial charge >= 0.3 is 5.97 Å². The van der Waals surface area contributed by atoms with Crippen molar-refractivity contribution in [2.45, 2.75) is 0 Å². The molecule has 1 N–H and O–H groups in total. The molecule has 9 heteroatoms. The summed E-state index contributed by atoms with van der Waals surface area (Å²) in [6, 6.07) is 9.60. The van der Waals surface area contributed by atoms with Crippen LogP contribution in [0.2, 0.25) is 10.0 Å². The first-order valence-electron chi connectivity index (χ1n) is 7.60. The molecule has 0 bridgehead atoms. The van der Waals surface area contributed by atoms with Gasteiger partial charge in [-0.05, 0) is 42.0 Å². The smallest absolute Gasteiger partial charge is 0.345 e. The third-order valence-electron chi connectivity index (χ3n) is 3.35. The lowest BCUT2D eigenvalue weighted by Crippen LogP contribution is -2.10. The minimum Gasteiger partial charge on any atom is -0.493 e. The number of ether oxygens (including phenoxy) is 2. The Morgan fingerprint density at radius 3 is 2.78 bits per heavy atom. The number of aromatic nitrogens is 1. The Morgan fingerprint density at radius 1 is 1.22 bits per heavy atom. The molecule has 3 aromatic rings. The second-order valence-electron chi connectivity index (χ2n) is 5.13. The maximum atomic E-state index is 12.4. The standard InChI is InChI=1S/C18H13Cl2N3O3S/c1-25-16-8-11(10-22-23-18-21-6-7-27-18)2-5-15(16)26-17(24)13-4-3-12(19)9-14(13)20/h2-10H,1H3,(H,21,23). The minimum atomic E-state index is -0.609. The van der Waals surface area contributed by atoms with Crippen molar-refractivity contribution in [3.05, 3.63) is 69.1 Å². The molecule has 0 aliphatic rings. The minimum absolute atomic E-state index is 0.210. The monoisotopic (exact) mass is 421 g/mol. The summed E-state index contributed by atoms with van der Waals surface area (Å²) in [5.74, 6) is 0.0343. The van der Waals surface area contributed by atoms with E-state index < -0.39 is 5.97 Å². The van der Waals surface area contributed by atoms with Crippen molar-refractivity contribution in [3.8, 4) is 11.5 Å². The van der Waals surface area contributed by atoms with E-state index in [1.165, 1.54) is 30.6 Å². The molecule has 0 aliphatic carbocycles. The number of rotatable bonds is 6. The molecule has 0 unspecified atom stereocenters. The van der Waals surface area contributed by atoms with Gasteiger partial charge in [0.1, 0.15) is 0 Å². The first-order chi connectivity index (χ1) is 13.1. The maximum Gasteiger partial charge on any atom is 0.345 e. The summed E-state index contributed by atoms with van der Waals surface area (Å²) >= 11 is 13.3. The molecule has 6 nitrogen and oxygen atoms in total. The third-order valence-corrected chi connectivity index (χ3v) is 4.57. The van der Waals surface area contributed by atoms with E-state index >= 15 is 0 Å². The Morgan fingerprint density at radius 2 is 2.07 bits per heavy atom. The molecule has 138 valence electrons. The summed E-state index contributed by atoms with van der Waals surface area (Å²) in [5.41, 5.74) is 3.77. The lowest BCUT2D eigenvalue weighted by atomic mass is 10.2. The van der Waals surface area contributed by atoms with Gasteiger partial charge < -0.3 is 9.47 Å². The predicted octanol–water partition coefficient (Wildman–Crippen LogP) is 5.12. The van der Waals surface area contributed by atoms with Crippen LogP contribution in [0.25, 0.3) is 0 Å². The van der Waals surface area contributed by atoms with Crippen LogP contribution >= 0.6 is 34.5 Å². The second kappa shape index (κ2) is 8.85. The SMILES string of the molecule is COc1cc(C=NNc2nccs2)ccc1OC(=O)c1ccc(Cl)cc1Cl. The lowest BCUT2D eigenvalue weighted by Gasteiger charge is -2.10. The first-order valence-corrected chi connectivity index (χ1v) is 9.24. The highest BCUT2D eigenvalue weighted by atomic mass is 35.5. The summed E-state index contributed by atoms with van der Waals surface area (Å²) in [5, 5.41) is 7.27. The van der Waals surface area contributed by atoms with Crippen LogP contribution in [0.3, 0.4) is 0 Å². The first kappa shape index (κ1) is 19.2. The fraction of sp³-hybridized carbons (Fsp3) is 0.0556. The normalized spacial score (nSPS) is 10.8. The number of anilines is 1. The molecule has 0 radical (unpaired) electrons. The van der Waals surface area contributed by atoms with E-state index in [1.807, 2.05) is 5.38 Å². The average Bonchev–Trinajstić information content (AvgIpc) is 3.16. The van der Waals surface area contributed by atoms with Crippen molar-refractivity contribution in [1.82, 2.24) is 4.98 Å². The largest absolute Gasteiger partial charge is 0.493 e. The number of esters is 1. The van der Waals surface area contributed by atoms with Crippen LogP contribution in [-0.2, 0) is 0 Å². The zero-order valence-corrected chi connectivity index (χ0v) is 16.3. The number of nitrogens with zero attached hydrogens (tertiary/aromatic N) is 2. The van der Waals surface area contributed by atoms with Crippen molar-refractivity contribution in [3.63, 3.8) is 0 Å². The van der Waals surface area contributed by atoms with Gasteiger partial charge in [0.15, 0.2) is 11.5 Å². The number of hydrogen-bond donors (Lipinski definition) is 1. The van der Waals surface area contributed by atoms with Crippen LogP contribution in [0.4, 0.5) is 5.13 Å². The molecule has 27 heavy (non-hydrogen) atoms. The van der Waals surface area contributed by atoms with Gasteiger partial charge in [-0.2, -0.15) is 5.10 Å². The second-order valence-corrected chi connectivity index (χ2v) is 6.87. The third kappa shape index (κ3) is 4.97. The van der Waals surface area contributed by atoms with E-state index in [9.17, 15) is 4.79 Å². The van der Waals surface area contributed by atoms with Crippen LogP contribution in [0.5, 0.6) is 11.5 Å². The highest BCUT2D eigenvalue weighted by Gasteiger charge is 2.16. The van der Waals surface area contributed by atoms with Gasteiger partial charge in [0.25, 0.3) is 0 Å². The fourth-order valence-corrected chi connectivity index (χ4v) is 3.06. The van der Waals surface area contributed by atoms with Gasteiger partial charge in [-0.1, -0.05) is 23.2 Å². The van der Waals surface area contributed by atoms with Crippen LogP contribution in [-0.4, -0.2) is 24.3 Å². The molecule has 0 amide bonds. The molecule has 1 aromatic heterocycles.